The van der Waals surface area contributed by atoms with Gasteiger partial charge in [0.1, 0.15) is 9.88 Å². The van der Waals surface area contributed by atoms with Crippen LogP contribution in [0.2, 0.25) is 0 Å². The van der Waals surface area contributed by atoms with Gasteiger partial charge < -0.3 is 16.2 Å². The lowest BCUT2D eigenvalue weighted by Crippen LogP contribution is -2.40. The van der Waals surface area contributed by atoms with Gasteiger partial charge in [0.25, 0.3) is 0 Å². The van der Waals surface area contributed by atoms with Crippen LogP contribution in [0.1, 0.15) is 46.6 Å². The standard InChI is InChI=1S/C12H19N3O3S/c1-3-4-5-8(13)11(16)14-6-9-15-7(2)10(19-9)12(17)18/h8H,3-6,13H2,1-2H3,(H,14,16)(H,17,18)/t8-/m0/s1. The van der Waals surface area contributed by atoms with E-state index in [1.807, 2.05) is 6.92 Å². The summed E-state index contributed by atoms with van der Waals surface area (Å²) in [4.78, 5) is 26.9. The largest absolute Gasteiger partial charge is 0.477 e. The highest BCUT2D eigenvalue weighted by atomic mass is 32.1. The van der Waals surface area contributed by atoms with Crippen LogP contribution < -0.4 is 11.1 Å². The Balaban J connectivity index is 2.50. The highest BCUT2D eigenvalue weighted by Crippen LogP contribution is 2.17. The Labute approximate surface area is 116 Å². The van der Waals surface area contributed by atoms with E-state index in [1.54, 1.807) is 6.92 Å². The van der Waals surface area contributed by atoms with Crippen LogP contribution >= 0.6 is 11.3 Å². The van der Waals surface area contributed by atoms with Crippen molar-refractivity contribution in [3.05, 3.63) is 15.6 Å². The molecule has 0 unspecified atom stereocenters. The first-order valence-electron chi connectivity index (χ1n) is 6.18. The van der Waals surface area contributed by atoms with Crippen LogP contribution in [0.3, 0.4) is 0 Å². The fraction of sp³-hybridized carbons (Fsp3) is 0.583. The van der Waals surface area contributed by atoms with E-state index >= 15 is 0 Å². The molecule has 0 fully saturated rings. The summed E-state index contributed by atoms with van der Waals surface area (Å²) in [5, 5.41) is 12.2. The normalized spacial score (nSPS) is 12.2. The predicted molar refractivity (Wildman–Crippen MR) is 73.2 cm³/mol. The van der Waals surface area contributed by atoms with Crippen LogP contribution in [-0.4, -0.2) is 28.0 Å². The van der Waals surface area contributed by atoms with Crippen molar-refractivity contribution in [2.45, 2.75) is 45.7 Å². The van der Waals surface area contributed by atoms with Gasteiger partial charge in [-0.2, -0.15) is 0 Å². The van der Waals surface area contributed by atoms with Gasteiger partial charge in [0, 0.05) is 0 Å². The lowest BCUT2D eigenvalue weighted by Gasteiger charge is -2.10. The summed E-state index contributed by atoms with van der Waals surface area (Å²) in [6.45, 7) is 3.89. The number of carbonyl (C=O) groups excluding carboxylic acids is 1. The number of carboxylic acids is 1. The van der Waals surface area contributed by atoms with E-state index in [0.717, 1.165) is 24.2 Å². The first-order valence-corrected chi connectivity index (χ1v) is 7.00. The third kappa shape index (κ3) is 4.60. The molecule has 0 aliphatic heterocycles. The topological polar surface area (TPSA) is 105 Å². The van der Waals surface area contributed by atoms with Crippen molar-refractivity contribution >= 4 is 23.2 Å². The zero-order chi connectivity index (χ0) is 14.4. The quantitative estimate of drug-likeness (QED) is 0.700. The molecule has 0 aromatic carbocycles. The van der Waals surface area contributed by atoms with E-state index in [-0.39, 0.29) is 17.3 Å². The van der Waals surface area contributed by atoms with Gasteiger partial charge in [0.05, 0.1) is 18.3 Å². The number of hydrogen-bond donors (Lipinski definition) is 3. The fourth-order valence-corrected chi connectivity index (χ4v) is 2.42. The number of aromatic nitrogens is 1. The Bertz CT molecular complexity index is 459. The third-order valence-electron chi connectivity index (χ3n) is 2.65. The molecule has 19 heavy (non-hydrogen) atoms. The molecule has 1 heterocycles. The number of thiazole rings is 1. The highest BCUT2D eigenvalue weighted by Gasteiger charge is 2.16. The summed E-state index contributed by atoms with van der Waals surface area (Å²) < 4.78 is 0. The first kappa shape index (κ1) is 15.6. The second-order valence-electron chi connectivity index (χ2n) is 4.29. The minimum absolute atomic E-state index is 0.208. The number of aromatic carboxylic acids is 1. The van der Waals surface area contributed by atoms with Crippen molar-refractivity contribution in [3.63, 3.8) is 0 Å². The van der Waals surface area contributed by atoms with Crippen LogP contribution in [0.5, 0.6) is 0 Å². The van der Waals surface area contributed by atoms with Gasteiger partial charge in [0.2, 0.25) is 5.91 Å². The smallest absolute Gasteiger partial charge is 0.347 e. The van der Waals surface area contributed by atoms with Crippen molar-refractivity contribution in [3.8, 4) is 0 Å². The van der Waals surface area contributed by atoms with Crippen LogP contribution in [0.4, 0.5) is 0 Å². The summed E-state index contributed by atoms with van der Waals surface area (Å²) >= 11 is 1.07. The molecule has 1 atom stereocenters. The van der Waals surface area contributed by atoms with Crippen LogP contribution in [0, 0.1) is 6.92 Å². The predicted octanol–water partition coefficient (Wildman–Crippen LogP) is 1.28. The average molecular weight is 285 g/mol. The van der Waals surface area contributed by atoms with E-state index in [2.05, 4.69) is 10.3 Å². The van der Waals surface area contributed by atoms with E-state index in [0.29, 0.717) is 17.1 Å². The van der Waals surface area contributed by atoms with Crippen molar-refractivity contribution in [2.75, 3.05) is 0 Å². The van der Waals surface area contributed by atoms with Gasteiger partial charge >= 0.3 is 5.97 Å². The second kappa shape index (κ2) is 7.20. The minimum atomic E-state index is -0.993. The van der Waals surface area contributed by atoms with Gasteiger partial charge in [-0.05, 0) is 13.3 Å². The lowest BCUT2D eigenvalue weighted by atomic mass is 10.1. The molecule has 0 aliphatic carbocycles. The molecule has 4 N–H and O–H groups in total. The number of hydrogen-bond acceptors (Lipinski definition) is 5. The molecule has 106 valence electrons. The van der Waals surface area contributed by atoms with Crippen molar-refractivity contribution < 1.29 is 14.7 Å². The molecule has 0 aliphatic rings. The Morgan fingerprint density at radius 3 is 2.74 bits per heavy atom. The van der Waals surface area contributed by atoms with E-state index < -0.39 is 12.0 Å². The maximum absolute atomic E-state index is 11.7. The number of nitrogens with one attached hydrogen (secondary N) is 1. The fourth-order valence-electron chi connectivity index (χ4n) is 1.58. The molecule has 1 rings (SSSR count). The molecule has 6 nitrogen and oxygen atoms in total. The van der Waals surface area contributed by atoms with Crippen molar-refractivity contribution in [1.82, 2.24) is 10.3 Å². The zero-order valence-corrected chi connectivity index (χ0v) is 11.9. The molecule has 0 bridgehead atoms. The van der Waals surface area contributed by atoms with E-state index in [9.17, 15) is 9.59 Å². The van der Waals surface area contributed by atoms with Crippen LogP contribution in [0.15, 0.2) is 0 Å². The zero-order valence-electron chi connectivity index (χ0n) is 11.1. The van der Waals surface area contributed by atoms with Gasteiger partial charge in [-0.3, -0.25) is 4.79 Å². The van der Waals surface area contributed by atoms with Gasteiger partial charge in [-0.25, -0.2) is 9.78 Å². The van der Waals surface area contributed by atoms with Crippen molar-refractivity contribution in [2.24, 2.45) is 5.73 Å². The average Bonchev–Trinajstić information content (AvgIpc) is 2.74. The van der Waals surface area contributed by atoms with Crippen molar-refractivity contribution in [1.29, 1.82) is 0 Å². The molecule has 1 amide bonds. The Morgan fingerprint density at radius 2 is 2.21 bits per heavy atom. The molecule has 0 radical (unpaired) electrons. The molecular formula is C12H19N3O3S. The van der Waals surface area contributed by atoms with Gasteiger partial charge in [-0.1, -0.05) is 19.8 Å². The van der Waals surface area contributed by atoms with E-state index in [4.69, 9.17) is 10.8 Å². The molecule has 0 saturated carbocycles. The Hall–Kier alpha value is -1.47. The Morgan fingerprint density at radius 1 is 1.53 bits per heavy atom. The number of carbonyl (C=O) groups is 2. The van der Waals surface area contributed by atoms with Crippen LogP contribution in [0.25, 0.3) is 0 Å². The molecule has 1 aromatic rings. The third-order valence-corrected chi connectivity index (χ3v) is 3.80. The number of nitrogens with two attached hydrogens (primary N) is 1. The molecule has 0 saturated heterocycles. The first-order chi connectivity index (χ1) is 8.95. The monoisotopic (exact) mass is 285 g/mol. The summed E-state index contributed by atoms with van der Waals surface area (Å²) in [6.07, 6.45) is 2.56. The van der Waals surface area contributed by atoms with Gasteiger partial charge in [0.15, 0.2) is 0 Å². The SMILES string of the molecule is CCCC[C@H](N)C(=O)NCc1nc(C)c(C(=O)O)s1. The second-order valence-corrected chi connectivity index (χ2v) is 5.38. The number of unbranched alkanes of at least 4 members (excludes halogenated alkanes) is 1. The maximum atomic E-state index is 11.7. The number of nitrogens with zero attached hydrogens (tertiary/aromatic N) is 1. The summed E-state index contributed by atoms with van der Waals surface area (Å²) in [7, 11) is 0. The van der Waals surface area contributed by atoms with E-state index in [1.165, 1.54) is 0 Å². The molecule has 7 heteroatoms. The van der Waals surface area contributed by atoms with Crippen LogP contribution in [-0.2, 0) is 11.3 Å². The number of rotatable bonds is 7. The highest BCUT2D eigenvalue weighted by molar-refractivity contribution is 7.13. The summed E-state index contributed by atoms with van der Waals surface area (Å²) in [6, 6.07) is -0.514. The summed E-state index contributed by atoms with van der Waals surface area (Å²) in [5.41, 5.74) is 6.20. The summed E-state index contributed by atoms with van der Waals surface area (Å²) in [5.74, 6) is -1.22. The number of aryl methyl sites for hydroxylation is 1. The number of amides is 1. The molecule has 1 aromatic heterocycles. The molecule has 0 spiro atoms. The maximum Gasteiger partial charge on any atom is 0.347 e. The lowest BCUT2D eigenvalue weighted by molar-refractivity contribution is -0.122. The number of carboxylic acid groups (broad SMARTS) is 1. The minimum Gasteiger partial charge on any atom is -0.477 e. The molecular weight excluding hydrogens is 266 g/mol. The Kier molecular flexibility index (Phi) is 5.91. The van der Waals surface area contributed by atoms with Gasteiger partial charge in [-0.15, -0.1) is 11.3 Å².